The van der Waals surface area contributed by atoms with Crippen molar-refractivity contribution in [1.82, 2.24) is 4.90 Å². The second-order valence-electron chi connectivity index (χ2n) is 7.43. The van der Waals surface area contributed by atoms with Gasteiger partial charge in [0.2, 0.25) is 13.6 Å². The summed E-state index contributed by atoms with van der Waals surface area (Å²) >= 11 is 0. The Kier molecular flexibility index (Phi) is 3.56. The van der Waals surface area contributed by atoms with Gasteiger partial charge in [-0.1, -0.05) is 6.07 Å². The Bertz CT molecular complexity index is 927. The average molecular weight is 371 g/mol. The predicted octanol–water partition coefficient (Wildman–Crippen LogP) is 1.51. The number of ether oxygens (including phenoxy) is 4. The number of hydrogen-bond acceptors (Lipinski definition) is 6. The molecule has 3 N–H and O–H groups in total. The van der Waals surface area contributed by atoms with Gasteiger partial charge in [-0.05, 0) is 48.4 Å². The minimum absolute atomic E-state index is 0. The molecular weight excluding hydrogens is 350 g/mol. The van der Waals surface area contributed by atoms with Gasteiger partial charge in [-0.25, -0.2) is 0 Å². The van der Waals surface area contributed by atoms with Gasteiger partial charge in [-0.15, -0.1) is 0 Å². The Morgan fingerprint density at radius 2 is 1.70 bits per heavy atom. The first-order valence-electron chi connectivity index (χ1n) is 8.93. The van der Waals surface area contributed by atoms with Crippen molar-refractivity contribution in [3.63, 3.8) is 0 Å². The fourth-order valence-corrected chi connectivity index (χ4v) is 4.97. The van der Waals surface area contributed by atoms with Crippen LogP contribution in [-0.4, -0.2) is 42.2 Å². The number of aliphatic hydroxyl groups excluding tert-OH is 1. The van der Waals surface area contributed by atoms with Crippen molar-refractivity contribution in [1.29, 1.82) is 0 Å². The molecule has 142 valence electrons. The topological polar surface area (TPSA) is 91.9 Å². The number of hydrogen-bond donors (Lipinski definition) is 1. The third kappa shape index (κ3) is 2.19. The molecule has 0 bridgehead atoms. The molecule has 0 aromatic heterocycles. The molecular formula is C20H21NO6. The van der Waals surface area contributed by atoms with E-state index in [1.54, 1.807) is 0 Å². The third-order valence-electron chi connectivity index (χ3n) is 6.06. The molecule has 2 aromatic rings. The van der Waals surface area contributed by atoms with E-state index in [2.05, 4.69) is 24.1 Å². The first-order valence-corrected chi connectivity index (χ1v) is 8.93. The van der Waals surface area contributed by atoms with Crippen LogP contribution in [0.5, 0.6) is 23.0 Å². The standard InChI is InChI=1S/C20H19NO5.H2O/c1-21-7-13-11(2-3-15-20(13)26-9-23-15)18-14(22)4-10-5-16-17(25-8-24-16)6-12(10)19(18)21;/h2-3,5-6,14,18-19,22H,4,7-9H2,1H3;1H2/t14-,18+,19-;/m0./s1. The van der Waals surface area contributed by atoms with E-state index in [1.165, 1.54) is 5.56 Å². The number of likely N-dealkylation sites (N-methyl/N-ethyl adjacent to an activating group) is 1. The maximum atomic E-state index is 11.0. The molecule has 4 aliphatic rings. The average Bonchev–Trinajstić information content (AvgIpc) is 3.28. The van der Waals surface area contributed by atoms with Crippen LogP contribution in [0.15, 0.2) is 24.3 Å². The summed E-state index contributed by atoms with van der Waals surface area (Å²) in [5.41, 5.74) is 4.65. The number of rotatable bonds is 0. The summed E-state index contributed by atoms with van der Waals surface area (Å²) in [4.78, 5) is 2.29. The lowest BCUT2D eigenvalue weighted by Crippen LogP contribution is -2.43. The SMILES string of the molecule is CN1Cc2c(ccc3c2OCO3)[C@@H]2[C@@H](O)Cc3cc4c(cc3[C@@H]21)OCO4.O. The molecule has 0 saturated carbocycles. The fourth-order valence-electron chi connectivity index (χ4n) is 4.97. The highest BCUT2D eigenvalue weighted by Gasteiger charge is 2.45. The largest absolute Gasteiger partial charge is 0.454 e. The van der Waals surface area contributed by atoms with E-state index < -0.39 is 6.10 Å². The molecule has 27 heavy (non-hydrogen) atoms. The molecule has 6 rings (SSSR count). The van der Waals surface area contributed by atoms with Crippen LogP contribution in [0.1, 0.15) is 34.2 Å². The van der Waals surface area contributed by atoms with Crippen molar-refractivity contribution in [2.45, 2.75) is 31.0 Å². The van der Waals surface area contributed by atoms with Gasteiger partial charge in [0.1, 0.15) is 0 Å². The van der Waals surface area contributed by atoms with E-state index in [1.807, 2.05) is 12.1 Å². The van der Waals surface area contributed by atoms with Crippen molar-refractivity contribution in [3.05, 3.63) is 46.5 Å². The van der Waals surface area contributed by atoms with Crippen molar-refractivity contribution >= 4 is 0 Å². The maximum Gasteiger partial charge on any atom is 0.231 e. The zero-order valence-electron chi connectivity index (χ0n) is 14.9. The third-order valence-corrected chi connectivity index (χ3v) is 6.06. The van der Waals surface area contributed by atoms with Crippen molar-refractivity contribution < 1.29 is 29.5 Å². The zero-order valence-corrected chi connectivity index (χ0v) is 14.9. The van der Waals surface area contributed by atoms with Gasteiger partial charge >= 0.3 is 0 Å². The van der Waals surface area contributed by atoms with E-state index in [0.29, 0.717) is 6.42 Å². The number of aliphatic hydroxyl groups is 1. The highest BCUT2D eigenvalue weighted by molar-refractivity contribution is 5.58. The van der Waals surface area contributed by atoms with Crippen molar-refractivity contribution in [2.75, 3.05) is 20.6 Å². The Morgan fingerprint density at radius 1 is 0.963 bits per heavy atom. The Hall–Kier alpha value is -2.48. The predicted molar refractivity (Wildman–Crippen MR) is 95.4 cm³/mol. The second-order valence-corrected chi connectivity index (χ2v) is 7.43. The van der Waals surface area contributed by atoms with Gasteiger partial charge in [0.05, 0.1) is 6.10 Å². The minimum atomic E-state index is -0.463. The first kappa shape index (κ1) is 16.7. The molecule has 0 fully saturated rings. The van der Waals surface area contributed by atoms with Crippen LogP contribution in [0.3, 0.4) is 0 Å². The van der Waals surface area contributed by atoms with Crippen LogP contribution in [0.2, 0.25) is 0 Å². The molecule has 0 unspecified atom stereocenters. The molecule has 7 nitrogen and oxygen atoms in total. The van der Waals surface area contributed by atoms with Gasteiger partial charge < -0.3 is 29.5 Å². The van der Waals surface area contributed by atoms with E-state index in [0.717, 1.165) is 46.2 Å². The van der Waals surface area contributed by atoms with Crippen LogP contribution in [-0.2, 0) is 13.0 Å². The lowest BCUT2D eigenvalue weighted by Gasteiger charge is -2.46. The van der Waals surface area contributed by atoms with Crippen molar-refractivity contribution in [2.24, 2.45) is 0 Å². The first-order chi connectivity index (χ1) is 12.7. The molecule has 2 aromatic carbocycles. The monoisotopic (exact) mass is 371 g/mol. The van der Waals surface area contributed by atoms with Crippen molar-refractivity contribution in [3.8, 4) is 23.0 Å². The number of nitrogens with zero attached hydrogens (tertiary/aromatic N) is 1. The van der Waals surface area contributed by atoms with Crippen LogP contribution in [0, 0.1) is 0 Å². The molecule has 0 radical (unpaired) electrons. The zero-order chi connectivity index (χ0) is 17.4. The summed E-state index contributed by atoms with van der Waals surface area (Å²) < 4.78 is 22.4. The summed E-state index contributed by atoms with van der Waals surface area (Å²) in [6.45, 7) is 1.28. The highest BCUT2D eigenvalue weighted by atomic mass is 16.7. The summed E-state index contributed by atoms with van der Waals surface area (Å²) in [6, 6.07) is 8.27. The lowest BCUT2D eigenvalue weighted by atomic mass is 9.70. The Labute approximate surface area is 156 Å². The molecule has 0 spiro atoms. The molecule has 3 atom stereocenters. The molecule has 0 amide bonds. The van der Waals surface area contributed by atoms with Crippen LogP contribution >= 0.6 is 0 Å². The smallest absolute Gasteiger partial charge is 0.231 e. The molecule has 1 aliphatic carbocycles. The second kappa shape index (κ2) is 5.76. The van der Waals surface area contributed by atoms with Gasteiger partial charge in [0.25, 0.3) is 0 Å². The summed E-state index contributed by atoms with van der Waals surface area (Å²) in [7, 11) is 2.10. The van der Waals surface area contributed by atoms with Gasteiger partial charge in [-0.3, -0.25) is 4.90 Å². The molecule has 7 heteroatoms. The van der Waals surface area contributed by atoms with Gasteiger partial charge in [0.15, 0.2) is 23.0 Å². The van der Waals surface area contributed by atoms with E-state index in [-0.39, 0.29) is 31.0 Å². The number of fused-ring (bicyclic) bond motifs is 8. The number of benzene rings is 2. The summed E-state index contributed by atoms with van der Waals surface area (Å²) in [6.07, 6.45) is 0.143. The van der Waals surface area contributed by atoms with E-state index >= 15 is 0 Å². The Balaban J connectivity index is 0.00000160. The van der Waals surface area contributed by atoms with Crippen LogP contribution < -0.4 is 18.9 Å². The highest BCUT2D eigenvalue weighted by Crippen LogP contribution is 2.54. The van der Waals surface area contributed by atoms with Gasteiger partial charge in [0, 0.05) is 24.1 Å². The molecule has 3 heterocycles. The summed E-state index contributed by atoms with van der Waals surface area (Å²) in [5.74, 6) is 3.19. The quantitative estimate of drug-likeness (QED) is 0.755. The van der Waals surface area contributed by atoms with E-state index in [9.17, 15) is 5.11 Å². The molecule has 3 aliphatic heterocycles. The minimum Gasteiger partial charge on any atom is -0.454 e. The van der Waals surface area contributed by atoms with Gasteiger partial charge in [-0.2, -0.15) is 0 Å². The normalized spacial score (nSPS) is 26.7. The van der Waals surface area contributed by atoms with E-state index in [4.69, 9.17) is 18.9 Å². The molecule has 0 saturated heterocycles. The summed E-state index contributed by atoms with van der Waals surface area (Å²) in [5, 5.41) is 11.0. The Morgan fingerprint density at radius 3 is 2.56 bits per heavy atom. The maximum absolute atomic E-state index is 11.0. The van der Waals surface area contributed by atoms with Crippen LogP contribution in [0.25, 0.3) is 0 Å². The lowest BCUT2D eigenvalue weighted by molar-refractivity contribution is 0.0591. The fraction of sp³-hybridized carbons (Fsp3) is 0.400. The van der Waals surface area contributed by atoms with Crippen LogP contribution in [0.4, 0.5) is 0 Å².